The molecule has 0 aliphatic rings. The normalized spacial score (nSPS) is 11.5. The number of ether oxygens (including phenoxy) is 1. The van der Waals surface area contributed by atoms with Crippen LogP contribution >= 0.6 is 0 Å². The quantitative estimate of drug-likeness (QED) is 0.185. The zero-order chi connectivity index (χ0) is 30.1. The molecule has 1 heterocycles. The maximum atomic E-state index is 13.7. The molecular formula is C32H35F3N4O3. The van der Waals surface area contributed by atoms with Gasteiger partial charge in [0.2, 0.25) is 5.91 Å². The number of carbonyl (C=O) groups excluding carboxylic acids is 2. The lowest BCUT2D eigenvalue weighted by atomic mass is 10.1. The van der Waals surface area contributed by atoms with Crippen LogP contribution < -0.4 is 5.32 Å². The fourth-order valence-corrected chi connectivity index (χ4v) is 4.66. The standard InChI is InChI=1S/C32H35F3N4O3/c1-23-8-10-24(11-9-23)21-38(18-16-25-20-36-29-7-4-3-6-28(25)29)30(40)22-39(17-5-19-42-2)31(41)37-27-14-12-26(13-15-27)32(33,34)35/h3-4,6-15,20,36H,5,16-19,21-22H2,1-2H3,(H,37,41). The first kappa shape index (κ1) is 30.6. The minimum Gasteiger partial charge on any atom is -0.385 e. The van der Waals surface area contributed by atoms with E-state index in [9.17, 15) is 22.8 Å². The van der Waals surface area contributed by atoms with E-state index in [4.69, 9.17) is 4.74 Å². The number of alkyl halides is 3. The van der Waals surface area contributed by atoms with Gasteiger partial charge in [-0.1, -0.05) is 48.0 Å². The summed E-state index contributed by atoms with van der Waals surface area (Å²) in [4.78, 5) is 33.3. The summed E-state index contributed by atoms with van der Waals surface area (Å²) in [6, 6.07) is 19.5. The number of H-pyrrole nitrogens is 1. The molecule has 0 aliphatic heterocycles. The Morgan fingerprint density at radius 3 is 2.33 bits per heavy atom. The van der Waals surface area contributed by atoms with E-state index in [1.807, 2.05) is 61.7 Å². The molecule has 0 atom stereocenters. The molecule has 7 nitrogen and oxygen atoms in total. The number of hydrogen-bond donors (Lipinski definition) is 2. The number of halogens is 3. The molecule has 3 amide bonds. The average Bonchev–Trinajstić information content (AvgIpc) is 3.38. The predicted molar refractivity (Wildman–Crippen MR) is 157 cm³/mol. The van der Waals surface area contributed by atoms with E-state index in [0.29, 0.717) is 32.5 Å². The van der Waals surface area contributed by atoms with Gasteiger partial charge in [0.1, 0.15) is 6.54 Å². The van der Waals surface area contributed by atoms with Crippen molar-refractivity contribution in [2.45, 2.75) is 32.5 Å². The molecule has 2 N–H and O–H groups in total. The van der Waals surface area contributed by atoms with Crippen LogP contribution in [0.4, 0.5) is 23.7 Å². The van der Waals surface area contributed by atoms with E-state index in [0.717, 1.165) is 39.7 Å². The minimum absolute atomic E-state index is 0.198. The highest BCUT2D eigenvalue weighted by Crippen LogP contribution is 2.30. The summed E-state index contributed by atoms with van der Waals surface area (Å²) in [5.74, 6) is -0.240. The van der Waals surface area contributed by atoms with Crippen molar-refractivity contribution in [3.63, 3.8) is 0 Å². The molecule has 0 saturated heterocycles. The van der Waals surface area contributed by atoms with Crippen LogP contribution in [-0.2, 0) is 28.7 Å². The highest BCUT2D eigenvalue weighted by atomic mass is 19.4. The number of nitrogens with one attached hydrogen (secondary N) is 2. The summed E-state index contributed by atoms with van der Waals surface area (Å²) in [5, 5.41) is 3.72. The number of amides is 3. The number of para-hydroxylation sites is 1. The van der Waals surface area contributed by atoms with Crippen LogP contribution in [0, 0.1) is 6.92 Å². The molecule has 0 bridgehead atoms. The smallest absolute Gasteiger partial charge is 0.385 e. The lowest BCUT2D eigenvalue weighted by Crippen LogP contribution is -2.45. The molecule has 42 heavy (non-hydrogen) atoms. The van der Waals surface area contributed by atoms with Gasteiger partial charge in [-0.3, -0.25) is 4.79 Å². The summed E-state index contributed by atoms with van der Waals surface area (Å²) in [5.41, 5.74) is 3.58. The minimum atomic E-state index is -4.48. The molecule has 4 rings (SSSR count). The first-order valence-electron chi connectivity index (χ1n) is 13.7. The molecule has 0 aliphatic carbocycles. The highest BCUT2D eigenvalue weighted by Gasteiger charge is 2.30. The van der Waals surface area contributed by atoms with Gasteiger partial charge in [-0.05, 0) is 61.2 Å². The van der Waals surface area contributed by atoms with Gasteiger partial charge in [0.15, 0.2) is 0 Å². The zero-order valence-electron chi connectivity index (χ0n) is 23.7. The van der Waals surface area contributed by atoms with Crippen molar-refractivity contribution in [2.24, 2.45) is 0 Å². The molecule has 0 spiro atoms. The van der Waals surface area contributed by atoms with E-state index in [-0.39, 0.29) is 24.7 Å². The predicted octanol–water partition coefficient (Wildman–Crippen LogP) is 6.64. The van der Waals surface area contributed by atoms with Crippen LogP contribution in [0.5, 0.6) is 0 Å². The zero-order valence-corrected chi connectivity index (χ0v) is 23.7. The molecule has 3 aromatic carbocycles. The molecule has 1 aromatic heterocycles. The van der Waals surface area contributed by atoms with E-state index < -0.39 is 17.8 Å². The topological polar surface area (TPSA) is 77.7 Å². The van der Waals surface area contributed by atoms with Crippen LogP contribution in [0.2, 0.25) is 0 Å². The van der Waals surface area contributed by atoms with Crippen molar-refractivity contribution in [3.05, 3.63) is 101 Å². The first-order chi connectivity index (χ1) is 20.1. The Morgan fingerprint density at radius 2 is 1.64 bits per heavy atom. The number of methoxy groups -OCH3 is 1. The Hall–Kier alpha value is -4.31. The van der Waals surface area contributed by atoms with Gasteiger partial charge in [-0.15, -0.1) is 0 Å². The second kappa shape index (κ2) is 14.0. The molecule has 0 radical (unpaired) electrons. The number of fused-ring (bicyclic) bond motifs is 1. The Balaban J connectivity index is 1.50. The average molecular weight is 581 g/mol. The Kier molecular flexibility index (Phi) is 10.2. The summed E-state index contributed by atoms with van der Waals surface area (Å²) >= 11 is 0. The Bertz CT molecular complexity index is 1470. The third-order valence-electron chi connectivity index (χ3n) is 7.03. The number of benzene rings is 3. The molecule has 222 valence electrons. The number of carbonyl (C=O) groups is 2. The van der Waals surface area contributed by atoms with E-state index in [1.165, 1.54) is 17.0 Å². The van der Waals surface area contributed by atoms with Crippen molar-refractivity contribution >= 4 is 28.5 Å². The first-order valence-corrected chi connectivity index (χ1v) is 13.7. The molecule has 4 aromatic rings. The summed E-state index contributed by atoms with van der Waals surface area (Å²) in [6.45, 7) is 3.21. The van der Waals surface area contributed by atoms with Gasteiger partial charge < -0.3 is 24.8 Å². The van der Waals surface area contributed by atoms with Gasteiger partial charge >= 0.3 is 12.2 Å². The maximum absolute atomic E-state index is 13.7. The molecule has 0 unspecified atom stereocenters. The van der Waals surface area contributed by atoms with Crippen LogP contribution in [0.1, 0.15) is 28.7 Å². The number of rotatable bonds is 12. The Labute approximate surface area is 243 Å². The molecular weight excluding hydrogens is 545 g/mol. The van der Waals surface area contributed by atoms with Gasteiger partial charge in [0.05, 0.1) is 5.56 Å². The fraction of sp³-hybridized carbons (Fsp3) is 0.312. The lowest BCUT2D eigenvalue weighted by Gasteiger charge is -2.28. The van der Waals surface area contributed by atoms with Crippen LogP contribution in [-0.4, -0.2) is 60.1 Å². The van der Waals surface area contributed by atoms with E-state index in [1.54, 1.807) is 12.0 Å². The largest absolute Gasteiger partial charge is 0.416 e. The number of anilines is 1. The molecule has 0 fully saturated rings. The number of hydrogen-bond acceptors (Lipinski definition) is 3. The maximum Gasteiger partial charge on any atom is 0.416 e. The van der Waals surface area contributed by atoms with Crippen molar-refractivity contribution in [2.75, 3.05) is 38.7 Å². The van der Waals surface area contributed by atoms with Gasteiger partial charge in [-0.2, -0.15) is 13.2 Å². The summed E-state index contributed by atoms with van der Waals surface area (Å²) < 4.78 is 44.0. The SMILES string of the molecule is COCCCN(CC(=O)N(CCc1c[nH]c2ccccc12)Cc1ccc(C)cc1)C(=O)Nc1ccc(C(F)(F)F)cc1. The highest BCUT2D eigenvalue weighted by molar-refractivity contribution is 5.92. The van der Waals surface area contributed by atoms with Crippen molar-refractivity contribution in [1.82, 2.24) is 14.8 Å². The van der Waals surface area contributed by atoms with Gasteiger partial charge in [0, 0.05) is 56.1 Å². The lowest BCUT2D eigenvalue weighted by molar-refractivity contribution is -0.137. The van der Waals surface area contributed by atoms with E-state index in [2.05, 4.69) is 10.3 Å². The number of urea groups is 1. The number of nitrogens with zero attached hydrogens (tertiary/aromatic N) is 2. The number of aromatic amines is 1. The van der Waals surface area contributed by atoms with Crippen molar-refractivity contribution in [3.8, 4) is 0 Å². The fourth-order valence-electron chi connectivity index (χ4n) is 4.66. The molecule has 0 saturated carbocycles. The van der Waals surface area contributed by atoms with Crippen LogP contribution in [0.15, 0.2) is 79.0 Å². The van der Waals surface area contributed by atoms with Gasteiger partial charge in [0.25, 0.3) is 0 Å². The second-order valence-electron chi connectivity index (χ2n) is 10.2. The van der Waals surface area contributed by atoms with Crippen LogP contribution in [0.3, 0.4) is 0 Å². The van der Waals surface area contributed by atoms with E-state index >= 15 is 0 Å². The van der Waals surface area contributed by atoms with Crippen LogP contribution in [0.25, 0.3) is 10.9 Å². The number of aromatic nitrogens is 1. The Morgan fingerprint density at radius 1 is 0.929 bits per heavy atom. The summed E-state index contributed by atoms with van der Waals surface area (Å²) in [7, 11) is 1.55. The van der Waals surface area contributed by atoms with Crippen molar-refractivity contribution in [1.29, 1.82) is 0 Å². The third-order valence-corrected chi connectivity index (χ3v) is 7.03. The number of aryl methyl sites for hydroxylation is 1. The second-order valence-corrected chi connectivity index (χ2v) is 10.2. The summed E-state index contributed by atoms with van der Waals surface area (Å²) in [6.07, 6.45) is -1.43. The van der Waals surface area contributed by atoms with Crippen molar-refractivity contribution < 1.29 is 27.5 Å². The molecule has 10 heteroatoms. The third kappa shape index (κ3) is 8.36. The monoisotopic (exact) mass is 580 g/mol. The van der Waals surface area contributed by atoms with Gasteiger partial charge in [-0.25, -0.2) is 4.79 Å².